The Morgan fingerprint density at radius 1 is 1.16 bits per heavy atom. The van der Waals surface area contributed by atoms with Gasteiger partial charge in [-0.2, -0.15) is 0 Å². The average molecular weight is 462 g/mol. The molecule has 0 radical (unpaired) electrons. The molecule has 1 aromatic heterocycles. The minimum atomic E-state index is 0. The van der Waals surface area contributed by atoms with E-state index in [9.17, 15) is 0 Å². The van der Waals surface area contributed by atoms with E-state index in [2.05, 4.69) is 46.2 Å². The number of aliphatic imine (C=N–C) groups is 1. The maximum atomic E-state index is 4.70. The van der Waals surface area contributed by atoms with Crippen LogP contribution in [0.2, 0.25) is 0 Å². The number of nitrogens with one attached hydrogen (secondary N) is 2. The summed E-state index contributed by atoms with van der Waals surface area (Å²) in [6, 6.07) is 0. The van der Waals surface area contributed by atoms with E-state index < -0.39 is 0 Å². The summed E-state index contributed by atoms with van der Waals surface area (Å²) < 4.78 is 2.27. The number of nitrogens with zero attached hydrogens (tertiary/aromatic N) is 4. The minimum Gasteiger partial charge on any atom is -0.357 e. The van der Waals surface area contributed by atoms with Crippen LogP contribution in [0.3, 0.4) is 0 Å². The molecule has 0 fully saturated rings. The molecular formula is C18H35IN6. The summed E-state index contributed by atoms with van der Waals surface area (Å²) in [5.41, 5.74) is 0. The van der Waals surface area contributed by atoms with Crippen LogP contribution < -0.4 is 10.6 Å². The van der Waals surface area contributed by atoms with Crippen LogP contribution in [0, 0.1) is 5.92 Å². The lowest BCUT2D eigenvalue weighted by molar-refractivity contribution is 0.534. The van der Waals surface area contributed by atoms with Crippen LogP contribution in [0.25, 0.3) is 0 Å². The number of aromatic nitrogens is 3. The van der Waals surface area contributed by atoms with Gasteiger partial charge in [0.25, 0.3) is 0 Å². The largest absolute Gasteiger partial charge is 0.357 e. The molecule has 6 nitrogen and oxygen atoms in total. The first-order valence-electron chi connectivity index (χ1n) is 9.63. The molecular weight excluding hydrogens is 427 g/mol. The summed E-state index contributed by atoms with van der Waals surface area (Å²) in [4.78, 5) is 4.70. The fourth-order valence-corrected chi connectivity index (χ4v) is 3.04. The normalized spacial score (nSPS) is 14.6. The van der Waals surface area contributed by atoms with E-state index in [-0.39, 0.29) is 24.0 Å². The van der Waals surface area contributed by atoms with Crippen molar-refractivity contribution in [2.75, 3.05) is 13.1 Å². The first-order chi connectivity index (χ1) is 11.7. The summed E-state index contributed by atoms with van der Waals surface area (Å²) in [5, 5.41) is 15.4. The predicted molar refractivity (Wildman–Crippen MR) is 114 cm³/mol. The third-order valence-corrected chi connectivity index (χ3v) is 4.41. The Kier molecular flexibility index (Phi) is 11.1. The quantitative estimate of drug-likeness (QED) is 0.269. The number of hydrogen-bond donors (Lipinski definition) is 2. The molecule has 2 rings (SSSR count). The zero-order valence-corrected chi connectivity index (χ0v) is 18.4. The van der Waals surface area contributed by atoms with Crippen molar-refractivity contribution in [3.05, 3.63) is 11.6 Å². The van der Waals surface area contributed by atoms with Crippen molar-refractivity contribution < 1.29 is 0 Å². The fraction of sp³-hybridized carbons (Fsp3) is 0.833. The molecule has 0 atom stereocenters. The third kappa shape index (κ3) is 7.92. The van der Waals surface area contributed by atoms with E-state index in [1.807, 2.05) is 0 Å². The number of guanidine groups is 1. The number of unbranched alkanes of at least 4 members (excludes halogenated alkanes) is 1. The molecule has 144 valence electrons. The average Bonchev–Trinajstić information content (AvgIpc) is 2.78. The molecule has 0 spiro atoms. The van der Waals surface area contributed by atoms with E-state index in [4.69, 9.17) is 4.99 Å². The van der Waals surface area contributed by atoms with Crippen LogP contribution in [0.1, 0.15) is 70.9 Å². The summed E-state index contributed by atoms with van der Waals surface area (Å²) in [6.45, 7) is 10.1. The predicted octanol–water partition coefficient (Wildman–Crippen LogP) is 3.50. The van der Waals surface area contributed by atoms with Gasteiger partial charge in [-0.25, -0.2) is 4.99 Å². The highest BCUT2D eigenvalue weighted by Gasteiger charge is 2.14. The van der Waals surface area contributed by atoms with E-state index in [1.165, 1.54) is 38.5 Å². The molecule has 1 aliphatic heterocycles. The highest BCUT2D eigenvalue weighted by molar-refractivity contribution is 14.0. The van der Waals surface area contributed by atoms with Crippen molar-refractivity contribution in [1.29, 1.82) is 0 Å². The maximum absolute atomic E-state index is 4.70. The van der Waals surface area contributed by atoms with E-state index in [0.717, 1.165) is 49.6 Å². The lowest BCUT2D eigenvalue weighted by atomic mass is 10.1. The summed E-state index contributed by atoms with van der Waals surface area (Å²) >= 11 is 0. The van der Waals surface area contributed by atoms with Gasteiger partial charge in [0.1, 0.15) is 12.4 Å². The van der Waals surface area contributed by atoms with Gasteiger partial charge in [0.15, 0.2) is 11.8 Å². The standard InChI is InChI=1S/C18H34N6.HI/c1-4-19-18(20-12-8-7-10-15(2)3)21-14-17-23-22-16-11-6-5-9-13-24(16)17;/h15H,4-14H2,1-3H3,(H2,19,20,21);1H. The Morgan fingerprint density at radius 2 is 2.00 bits per heavy atom. The molecule has 0 saturated heterocycles. The van der Waals surface area contributed by atoms with E-state index in [1.54, 1.807) is 0 Å². The van der Waals surface area contributed by atoms with Crippen LogP contribution in [0.4, 0.5) is 0 Å². The van der Waals surface area contributed by atoms with Crippen molar-refractivity contribution in [1.82, 2.24) is 25.4 Å². The Hall–Kier alpha value is -0.860. The Labute approximate surface area is 169 Å². The number of aryl methyl sites for hydroxylation is 1. The lowest BCUT2D eigenvalue weighted by Gasteiger charge is -2.12. The van der Waals surface area contributed by atoms with Gasteiger partial charge in [0.2, 0.25) is 0 Å². The van der Waals surface area contributed by atoms with Crippen LogP contribution in [0.5, 0.6) is 0 Å². The Morgan fingerprint density at radius 3 is 2.76 bits per heavy atom. The van der Waals surface area contributed by atoms with Gasteiger partial charge < -0.3 is 15.2 Å². The van der Waals surface area contributed by atoms with Gasteiger partial charge in [0, 0.05) is 26.1 Å². The molecule has 7 heteroatoms. The number of hydrogen-bond acceptors (Lipinski definition) is 3. The molecule has 1 aliphatic rings. The van der Waals surface area contributed by atoms with E-state index in [0.29, 0.717) is 6.54 Å². The first kappa shape index (κ1) is 22.2. The van der Waals surface area contributed by atoms with Crippen molar-refractivity contribution in [2.45, 2.75) is 78.8 Å². The molecule has 0 aromatic carbocycles. The molecule has 0 saturated carbocycles. The van der Waals surface area contributed by atoms with Gasteiger partial charge in [-0.15, -0.1) is 34.2 Å². The monoisotopic (exact) mass is 462 g/mol. The zero-order valence-electron chi connectivity index (χ0n) is 16.1. The first-order valence-corrected chi connectivity index (χ1v) is 9.63. The van der Waals surface area contributed by atoms with Crippen molar-refractivity contribution in [3.8, 4) is 0 Å². The smallest absolute Gasteiger partial charge is 0.191 e. The topological polar surface area (TPSA) is 67.1 Å². The van der Waals surface area contributed by atoms with Gasteiger partial charge in [-0.3, -0.25) is 0 Å². The summed E-state index contributed by atoms with van der Waals surface area (Å²) in [7, 11) is 0. The molecule has 2 heterocycles. The Balaban J connectivity index is 0.00000312. The summed E-state index contributed by atoms with van der Waals surface area (Å²) in [6.07, 6.45) is 8.52. The van der Waals surface area contributed by atoms with Gasteiger partial charge in [-0.1, -0.05) is 33.1 Å². The SMILES string of the molecule is CCNC(=NCc1nnc2n1CCCCC2)NCCCCC(C)C.I. The highest BCUT2D eigenvalue weighted by Crippen LogP contribution is 2.14. The number of halogens is 1. The Bertz CT molecular complexity index is 512. The van der Waals surface area contributed by atoms with Crippen molar-refractivity contribution in [2.24, 2.45) is 10.9 Å². The third-order valence-electron chi connectivity index (χ3n) is 4.41. The second kappa shape index (κ2) is 12.5. The second-order valence-electron chi connectivity index (χ2n) is 7.01. The van der Waals surface area contributed by atoms with Gasteiger partial charge >= 0.3 is 0 Å². The van der Waals surface area contributed by atoms with Crippen molar-refractivity contribution >= 4 is 29.9 Å². The lowest BCUT2D eigenvalue weighted by Crippen LogP contribution is -2.37. The molecule has 0 aliphatic carbocycles. The second-order valence-corrected chi connectivity index (χ2v) is 7.01. The highest BCUT2D eigenvalue weighted by atomic mass is 127. The minimum absolute atomic E-state index is 0. The van der Waals surface area contributed by atoms with Crippen molar-refractivity contribution in [3.63, 3.8) is 0 Å². The molecule has 25 heavy (non-hydrogen) atoms. The zero-order chi connectivity index (χ0) is 17.2. The van der Waals surface area contributed by atoms with Crippen LogP contribution >= 0.6 is 24.0 Å². The molecule has 0 unspecified atom stereocenters. The van der Waals surface area contributed by atoms with Crippen LogP contribution in [-0.4, -0.2) is 33.8 Å². The summed E-state index contributed by atoms with van der Waals surface area (Å²) in [5.74, 6) is 3.79. The van der Waals surface area contributed by atoms with Crippen LogP contribution in [-0.2, 0) is 19.5 Å². The molecule has 1 aromatic rings. The number of fused-ring (bicyclic) bond motifs is 1. The molecule has 2 N–H and O–H groups in total. The van der Waals surface area contributed by atoms with Gasteiger partial charge in [-0.05, 0) is 32.1 Å². The maximum Gasteiger partial charge on any atom is 0.191 e. The van der Waals surface area contributed by atoms with Gasteiger partial charge in [0.05, 0.1) is 0 Å². The fourth-order valence-electron chi connectivity index (χ4n) is 3.04. The van der Waals surface area contributed by atoms with Crippen LogP contribution in [0.15, 0.2) is 4.99 Å². The van der Waals surface area contributed by atoms with E-state index >= 15 is 0 Å². The molecule has 0 bridgehead atoms. The number of rotatable bonds is 8. The molecule has 0 amide bonds.